The van der Waals surface area contributed by atoms with Crippen molar-refractivity contribution in [2.24, 2.45) is 7.05 Å². The zero-order valence-corrected chi connectivity index (χ0v) is 11.4. The molecule has 0 aliphatic heterocycles. The predicted molar refractivity (Wildman–Crippen MR) is 79.7 cm³/mol. The highest BCUT2D eigenvalue weighted by Gasteiger charge is 2.08. The maximum Gasteiger partial charge on any atom is 0.149 e. The molecule has 4 nitrogen and oxygen atoms in total. The van der Waals surface area contributed by atoms with Crippen LogP contribution in [0.3, 0.4) is 0 Å². The molecule has 1 N–H and O–H groups in total. The van der Waals surface area contributed by atoms with Gasteiger partial charge in [-0.05, 0) is 37.3 Å². The maximum atomic E-state index is 9.38. The summed E-state index contributed by atoms with van der Waals surface area (Å²) in [5.41, 5.74) is 4.47. The highest BCUT2D eigenvalue weighted by Crippen LogP contribution is 2.19. The normalized spacial score (nSPS) is 11.8. The van der Waals surface area contributed by atoms with Gasteiger partial charge in [0.2, 0.25) is 0 Å². The van der Waals surface area contributed by atoms with Crippen molar-refractivity contribution >= 4 is 22.7 Å². The molecule has 98 valence electrons. The number of aromatic amines is 1. The zero-order valence-electron chi connectivity index (χ0n) is 11.4. The van der Waals surface area contributed by atoms with Gasteiger partial charge in [-0.15, -0.1) is 0 Å². The molecule has 4 heteroatoms. The van der Waals surface area contributed by atoms with Gasteiger partial charge in [-0.3, -0.25) is 0 Å². The summed E-state index contributed by atoms with van der Waals surface area (Å²) in [6, 6.07) is 14.0. The largest absolute Gasteiger partial charge is 0.348 e. The fourth-order valence-electron chi connectivity index (χ4n) is 2.16. The van der Waals surface area contributed by atoms with E-state index in [1.807, 2.05) is 61.0 Å². The number of nitriles is 1. The predicted octanol–water partition coefficient (Wildman–Crippen LogP) is 3.27. The molecule has 0 amide bonds. The summed E-state index contributed by atoms with van der Waals surface area (Å²) < 4.78 is 2.04. The van der Waals surface area contributed by atoms with Crippen LogP contribution in [-0.2, 0) is 7.05 Å². The van der Waals surface area contributed by atoms with Crippen molar-refractivity contribution < 1.29 is 0 Å². The third-order valence-corrected chi connectivity index (χ3v) is 3.47. The SMILES string of the molecule is Cc1ccc(/C=C(/C#N)c2nc3ccccc3[nH]2)n1C. The Morgan fingerprint density at radius 2 is 2.10 bits per heavy atom. The van der Waals surface area contributed by atoms with Crippen LogP contribution in [-0.4, -0.2) is 14.5 Å². The summed E-state index contributed by atoms with van der Waals surface area (Å²) in [7, 11) is 1.98. The third-order valence-electron chi connectivity index (χ3n) is 3.47. The van der Waals surface area contributed by atoms with Crippen molar-refractivity contribution in [2.75, 3.05) is 0 Å². The monoisotopic (exact) mass is 262 g/mol. The first-order valence-corrected chi connectivity index (χ1v) is 6.38. The van der Waals surface area contributed by atoms with Crippen LogP contribution >= 0.6 is 0 Å². The topological polar surface area (TPSA) is 57.4 Å². The van der Waals surface area contributed by atoms with Crippen LogP contribution in [0.4, 0.5) is 0 Å². The fraction of sp³-hybridized carbons (Fsp3) is 0.125. The number of H-pyrrole nitrogens is 1. The van der Waals surface area contributed by atoms with Crippen molar-refractivity contribution in [3.05, 3.63) is 53.6 Å². The fourth-order valence-corrected chi connectivity index (χ4v) is 2.16. The van der Waals surface area contributed by atoms with Crippen LogP contribution in [0.25, 0.3) is 22.7 Å². The van der Waals surface area contributed by atoms with Gasteiger partial charge in [0.05, 0.1) is 16.6 Å². The lowest BCUT2D eigenvalue weighted by molar-refractivity contribution is 0.871. The van der Waals surface area contributed by atoms with Crippen molar-refractivity contribution in [2.45, 2.75) is 6.92 Å². The first-order valence-electron chi connectivity index (χ1n) is 6.38. The van der Waals surface area contributed by atoms with Gasteiger partial charge >= 0.3 is 0 Å². The Morgan fingerprint density at radius 1 is 1.30 bits per heavy atom. The Balaban J connectivity index is 2.10. The number of aromatic nitrogens is 3. The minimum absolute atomic E-state index is 0.530. The number of nitrogens with one attached hydrogen (secondary N) is 1. The zero-order chi connectivity index (χ0) is 14.1. The molecule has 2 heterocycles. The first-order chi connectivity index (χ1) is 9.69. The number of nitrogens with zero attached hydrogens (tertiary/aromatic N) is 3. The molecular weight excluding hydrogens is 248 g/mol. The number of imidazole rings is 1. The molecule has 1 aromatic carbocycles. The van der Waals surface area contributed by atoms with Crippen LogP contribution in [0.2, 0.25) is 0 Å². The van der Waals surface area contributed by atoms with Crippen LogP contribution in [0.5, 0.6) is 0 Å². The molecule has 20 heavy (non-hydrogen) atoms. The van der Waals surface area contributed by atoms with E-state index in [-0.39, 0.29) is 0 Å². The van der Waals surface area contributed by atoms with E-state index in [0.717, 1.165) is 22.4 Å². The minimum Gasteiger partial charge on any atom is -0.348 e. The molecule has 3 rings (SSSR count). The van der Waals surface area contributed by atoms with E-state index in [1.54, 1.807) is 0 Å². The summed E-state index contributed by atoms with van der Waals surface area (Å²) >= 11 is 0. The highest BCUT2D eigenvalue weighted by molar-refractivity contribution is 5.89. The molecule has 0 aliphatic carbocycles. The standard InChI is InChI=1S/C16H14N4/c1-11-7-8-13(20(11)2)9-12(10-17)16-18-14-5-3-4-6-15(14)19-16/h3-9H,1-2H3,(H,18,19)/b12-9-. The van der Waals surface area contributed by atoms with E-state index >= 15 is 0 Å². The van der Waals surface area contributed by atoms with Gasteiger partial charge in [0.25, 0.3) is 0 Å². The molecule has 0 aliphatic rings. The molecule has 0 radical (unpaired) electrons. The molecule has 0 bridgehead atoms. The van der Waals surface area contributed by atoms with Crippen LogP contribution in [0.1, 0.15) is 17.2 Å². The summed E-state index contributed by atoms with van der Waals surface area (Å²) in [5.74, 6) is 0.604. The smallest absolute Gasteiger partial charge is 0.149 e. The molecule has 0 fully saturated rings. The summed E-state index contributed by atoms with van der Waals surface area (Å²) in [5, 5.41) is 9.38. The summed E-state index contributed by atoms with van der Waals surface area (Å²) in [6.45, 7) is 2.03. The second-order valence-electron chi connectivity index (χ2n) is 4.73. The van der Waals surface area contributed by atoms with Crippen LogP contribution in [0, 0.1) is 18.3 Å². The highest BCUT2D eigenvalue weighted by atomic mass is 15.0. The number of rotatable bonds is 2. The number of para-hydroxylation sites is 2. The number of aryl methyl sites for hydroxylation is 1. The van der Waals surface area contributed by atoms with Gasteiger partial charge in [0.1, 0.15) is 11.9 Å². The van der Waals surface area contributed by atoms with E-state index in [2.05, 4.69) is 16.0 Å². The van der Waals surface area contributed by atoms with Crippen LogP contribution < -0.4 is 0 Å². The van der Waals surface area contributed by atoms with Crippen molar-refractivity contribution in [1.29, 1.82) is 5.26 Å². The molecule has 0 saturated carbocycles. The van der Waals surface area contributed by atoms with Gasteiger partial charge in [0.15, 0.2) is 0 Å². The molecule has 3 aromatic rings. The first kappa shape index (κ1) is 12.2. The quantitative estimate of drug-likeness (QED) is 0.720. The molecule has 0 saturated heterocycles. The number of fused-ring (bicyclic) bond motifs is 1. The van der Waals surface area contributed by atoms with E-state index in [0.29, 0.717) is 11.4 Å². The van der Waals surface area contributed by atoms with Crippen molar-refractivity contribution in [1.82, 2.24) is 14.5 Å². The number of hydrogen-bond donors (Lipinski definition) is 1. The van der Waals surface area contributed by atoms with E-state index in [4.69, 9.17) is 0 Å². The van der Waals surface area contributed by atoms with E-state index < -0.39 is 0 Å². The Labute approximate surface area is 117 Å². The average molecular weight is 262 g/mol. The molecule has 0 atom stereocenters. The molecule has 0 unspecified atom stereocenters. The lowest BCUT2D eigenvalue weighted by atomic mass is 10.2. The minimum atomic E-state index is 0.530. The van der Waals surface area contributed by atoms with Gasteiger partial charge in [-0.2, -0.15) is 5.26 Å². The number of benzene rings is 1. The lowest BCUT2D eigenvalue weighted by Crippen LogP contribution is -1.94. The summed E-state index contributed by atoms with van der Waals surface area (Å²) in [6.07, 6.45) is 1.85. The van der Waals surface area contributed by atoms with Crippen molar-refractivity contribution in [3.8, 4) is 6.07 Å². The van der Waals surface area contributed by atoms with Crippen molar-refractivity contribution in [3.63, 3.8) is 0 Å². The number of allylic oxidation sites excluding steroid dienone is 1. The molecule has 0 spiro atoms. The Kier molecular flexibility index (Phi) is 2.88. The average Bonchev–Trinajstić information content (AvgIpc) is 3.02. The maximum absolute atomic E-state index is 9.38. The second-order valence-corrected chi connectivity index (χ2v) is 4.73. The molecular formula is C16H14N4. The second kappa shape index (κ2) is 4.71. The number of hydrogen-bond acceptors (Lipinski definition) is 2. The van der Waals surface area contributed by atoms with Gasteiger partial charge in [0, 0.05) is 18.4 Å². The Morgan fingerprint density at radius 3 is 2.75 bits per heavy atom. The Hall–Kier alpha value is -2.80. The van der Waals surface area contributed by atoms with Gasteiger partial charge in [-0.25, -0.2) is 4.98 Å². The Bertz CT molecular complexity index is 810. The summed E-state index contributed by atoms with van der Waals surface area (Å²) in [4.78, 5) is 7.64. The third kappa shape index (κ3) is 1.99. The van der Waals surface area contributed by atoms with Gasteiger partial charge < -0.3 is 9.55 Å². The van der Waals surface area contributed by atoms with E-state index in [1.165, 1.54) is 0 Å². The van der Waals surface area contributed by atoms with Crippen LogP contribution in [0.15, 0.2) is 36.4 Å². The van der Waals surface area contributed by atoms with Gasteiger partial charge in [-0.1, -0.05) is 12.1 Å². The molecule has 2 aromatic heterocycles. The lowest BCUT2D eigenvalue weighted by Gasteiger charge is -2.00. The van der Waals surface area contributed by atoms with E-state index in [9.17, 15) is 5.26 Å².